The standard InChI is InChI=1S/C30H56N2O8/c1-5-9-19-37-27(33)23-25(29(35)39-21-11-7-3)31-17-15-13-14-16-18-32-26(30(36)40-22-12-8-4)24-28(34)38-20-10-6-2/h25-26,31-32H,5-24H2,1-4H3. The normalized spacial score (nSPS) is 12.4. The average molecular weight is 573 g/mol. The Hall–Kier alpha value is -2.20. The third kappa shape index (κ3) is 21.6. The van der Waals surface area contributed by atoms with E-state index in [1.54, 1.807) is 0 Å². The number of ether oxygens (including phenoxy) is 4. The van der Waals surface area contributed by atoms with Crippen LogP contribution in [-0.4, -0.2) is 75.5 Å². The first-order valence-corrected chi connectivity index (χ1v) is 15.5. The number of hydrogen-bond acceptors (Lipinski definition) is 10. The van der Waals surface area contributed by atoms with Gasteiger partial charge >= 0.3 is 23.9 Å². The Morgan fingerprint density at radius 1 is 0.475 bits per heavy atom. The van der Waals surface area contributed by atoms with E-state index in [2.05, 4.69) is 10.6 Å². The predicted molar refractivity (Wildman–Crippen MR) is 155 cm³/mol. The molecule has 0 saturated carbocycles. The topological polar surface area (TPSA) is 129 Å². The Morgan fingerprint density at radius 3 is 1.12 bits per heavy atom. The third-order valence-electron chi connectivity index (χ3n) is 6.20. The van der Waals surface area contributed by atoms with Crippen LogP contribution >= 0.6 is 0 Å². The highest BCUT2D eigenvalue weighted by Gasteiger charge is 2.24. The molecule has 10 heteroatoms. The lowest BCUT2D eigenvalue weighted by Gasteiger charge is -2.18. The summed E-state index contributed by atoms with van der Waals surface area (Å²) in [5, 5.41) is 6.31. The molecule has 234 valence electrons. The van der Waals surface area contributed by atoms with E-state index in [0.29, 0.717) is 39.5 Å². The van der Waals surface area contributed by atoms with E-state index in [-0.39, 0.29) is 12.8 Å². The molecule has 2 unspecified atom stereocenters. The van der Waals surface area contributed by atoms with Crippen molar-refractivity contribution in [2.75, 3.05) is 39.5 Å². The van der Waals surface area contributed by atoms with Gasteiger partial charge in [-0.3, -0.25) is 19.2 Å². The van der Waals surface area contributed by atoms with Crippen molar-refractivity contribution in [1.29, 1.82) is 0 Å². The van der Waals surface area contributed by atoms with Gasteiger partial charge in [-0.2, -0.15) is 0 Å². The number of unbranched alkanes of at least 4 members (excludes halogenated alkanes) is 7. The van der Waals surface area contributed by atoms with Crippen LogP contribution in [0.4, 0.5) is 0 Å². The van der Waals surface area contributed by atoms with Crippen LogP contribution in [0.1, 0.15) is 118 Å². The van der Waals surface area contributed by atoms with Crippen molar-refractivity contribution in [3.8, 4) is 0 Å². The quantitative estimate of drug-likeness (QED) is 0.0817. The molecule has 0 heterocycles. The molecular formula is C30H56N2O8. The summed E-state index contributed by atoms with van der Waals surface area (Å²) in [5.74, 6) is -1.65. The minimum atomic E-state index is -0.718. The fourth-order valence-corrected chi connectivity index (χ4v) is 3.58. The van der Waals surface area contributed by atoms with Gasteiger partial charge in [0, 0.05) is 0 Å². The van der Waals surface area contributed by atoms with Gasteiger partial charge in [0.25, 0.3) is 0 Å². The highest BCUT2D eigenvalue weighted by atomic mass is 16.5. The summed E-state index contributed by atoms with van der Waals surface area (Å²) in [4.78, 5) is 49.2. The second-order valence-electron chi connectivity index (χ2n) is 10.0. The van der Waals surface area contributed by atoms with Crippen molar-refractivity contribution in [3.63, 3.8) is 0 Å². The summed E-state index contributed by atoms with van der Waals surface area (Å²) in [6, 6.07) is -1.44. The van der Waals surface area contributed by atoms with Crippen LogP contribution in [0.3, 0.4) is 0 Å². The van der Waals surface area contributed by atoms with Gasteiger partial charge in [0.15, 0.2) is 0 Å². The van der Waals surface area contributed by atoms with E-state index in [0.717, 1.165) is 77.0 Å². The zero-order valence-electron chi connectivity index (χ0n) is 25.6. The second-order valence-corrected chi connectivity index (χ2v) is 10.0. The SMILES string of the molecule is CCCCOC(=O)CC(NCCCCCCNC(CC(=O)OCCCC)C(=O)OCCCC)C(=O)OCCCC. The Balaban J connectivity index is 4.48. The van der Waals surface area contributed by atoms with Gasteiger partial charge in [-0.25, -0.2) is 0 Å². The molecule has 0 aromatic rings. The lowest BCUT2D eigenvalue weighted by molar-refractivity contribution is -0.153. The minimum absolute atomic E-state index is 0.0464. The van der Waals surface area contributed by atoms with Crippen molar-refractivity contribution in [1.82, 2.24) is 10.6 Å². The molecule has 0 saturated heterocycles. The van der Waals surface area contributed by atoms with Gasteiger partial charge in [0.05, 0.1) is 39.3 Å². The smallest absolute Gasteiger partial charge is 0.323 e. The van der Waals surface area contributed by atoms with Crippen molar-refractivity contribution in [2.45, 2.75) is 130 Å². The summed E-state index contributed by atoms with van der Waals surface area (Å²) in [6.07, 6.45) is 10.2. The van der Waals surface area contributed by atoms with Crippen molar-refractivity contribution < 1.29 is 38.1 Å². The first kappa shape index (κ1) is 37.8. The number of esters is 4. The average Bonchev–Trinajstić information content (AvgIpc) is 2.93. The van der Waals surface area contributed by atoms with E-state index < -0.39 is 36.0 Å². The molecule has 0 aliphatic rings. The number of carbonyl (C=O) groups excluding carboxylic acids is 4. The molecule has 10 nitrogen and oxygen atoms in total. The first-order valence-electron chi connectivity index (χ1n) is 15.5. The maximum Gasteiger partial charge on any atom is 0.323 e. The van der Waals surface area contributed by atoms with Crippen LogP contribution in [0, 0.1) is 0 Å². The largest absolute Gasteiger partial charge is 0.466 e. The molecule has 2 N–H and O–H groups in total. The monoisotopic (exact) mass is 572 g/mol. The first-order chi connectivity index (χ1) is 19.4. The minimum Gasteiger partial charge on any atom is -0.466 e. The summed E-state index contributed by atoms with van der Waals surface area (Å²) in [7, 11) is 0. The van der Waals surface area contributed by atoms with Crippen LogP contribution in [0.25, 0.3) is 0 Å². The van der Waals surface area contributed by atoms with E-state index in [1.165, 1.54) is 0 Å². The van der Waals surface area contributed by atoms with E-state index in [9.17, 15) is 19.2 Å². The Bertz CT molecular complexity index is 618. The summed E-state index contributed by atoms with van der Waals surface area (Å²) < 4.78 is 21.1. The van der Waals surface area contributed by atoms with Crippen LogP contribution in [-0.2, 0) is 38.1 Å². The van der Waals surface area contributed by atoms with Gasteiger partial charge < -0.3 is 29.6 Å². The van der Waals surface area contributed by atoms with Crippen LogP contribution in [0.2, 0.25) is 0 Å². The number of hydrogen-bond donors (Lipinski definition) is 2. The molecule has 0 amide bonds. The zero-order valence-corrected chi connectivity index (χ0v) is 25.6. The molecule has 2 atom stereocenters. The lowest BCUT2D eigenvalue weighted by Crippen LogP contribution is -2.41. The van der Waals surface area contributed by atoms with E-state index in [4.69, 9.17) is 18.9 Å². The summed E-state index contributed by atoms with van der Waals surface area (Å²) in [5.41, 5.74) is 0. The number of nitrogens with one attached hydrogen (secondary N) is 2. The molecule has 0 fully saturated rings. The molecule has 0 aromatic carbocycles. The molecule has 0 spiro atoms. The molecule has 0 aliphatic heterocycles. The zero-order chi connectivity index (χ0) is 29.8. The third-order valence-corrected chi connectivity index (χ3v) is 6.20. The number of rotatable bonds is 27. The van der Waals surface area contributed by atoms with Crippen molar-refractivity contribution in [2.24, 2.45) is 0 Å². The lowest BCUT2D eigenvalue weighted by atomic mass is 10.1. The van der Waals surface area contributed by atoms with Crippen LogP contribution in [0.15, 0.2) is 0 Å². The van der Waals surface area contributed by atoms with Gasteiger partial charge in [-0.1, -0.05) is 66.2 Å². The van der Waals surface area contributed by atoms with E-state index >= 15 is 0 Å². The fourth-order valence-electron chi connectivity index (χ4n) is 3.58. The molecule has 0 radical (unpaired) electrons. The van der Waals surface area contributed by atoms with Gasteiger partial charge in [-0.15, -0.1) is 0 Å². The van der Waals surface area contributed by atoms with Crippen molar-refractivity contribution in [3.05, 3.63) is 0 Å². The molecule has 0 aromatic heterocycles. The Morgan fingerprint density at radius 2 is 0.800 bits per heavy atom. The maximum atomic E-state index is 12.5. The summed E-state index contributed by atoms with van der Waals surface area (Å²) >= 11 is 0. The van der Waals surface area contributed by atoms with Gasteiger partial charge in [0.1, 0.15) is 12.1 Å². The summed E-state index contributed by atoms with van der Waals surface area (Å²) in [6.45, 7) is 10.6. The molecule has 0 aliphatic carbocycles. The highest BCUT2D eigenvalue weighted by Crippen LogP contribution is 2.06. The van der Waals surface area contributed by atoms with Crippen molar-refractivity contribution >= 4 is 23.9 Å². The predicted octanol–water partition coefficient (Wildman–Crippen LogP) is 4.62. The van der Waals surface area contributed by atoms with Crippen LogP contribution < -0.4 is 10.6 Å². The van der Waals surface area contributed by atoms with Gasteiger partial charge in [0.2, 0.25) is 0 Å². The fraction of sp³-hybridized carbons (Fsp3) is 0.867. The molecular weight excluding hydrogens is 516 g/mol. The molecule has 0 bridgehead atoms. The molecule has 0 rings (SSSR count). The van der Waals surface area contributed by atoms with Gasteiger partial charge in [-0.05, 0) is 51.6 Å². The Labute approximate surface area is 242 Å². The van der Waals surface area contributed by atoms with E-state index in [1.807, 2.05) is 27.7 Å². The maximum absolute atomic E-state index is 12.5. The Kier molecular flexibility index (Phi) is 25.5. The molecule has 40 heavy (non-hydrogen) atoms. The number of carbonyl (C=O) groups is 4. The second kappa shape index (κ2) is 27.0. The van der Waals surface area contributed by atoms with Crippen LogP contribution in [0.5, 0.6) is 0 Å². The highest BCUT2D eigenvalue weighted by molar-refractivity contribution is 5.83.